The maximum absolute atomic E-state index is 9.50. The normalized spacial score (nSPS) is 13.7. The second-order valence-electron chi connectivity index (χ2n) is 3.09. The minimum atomic E-state index is -0.539. The molecule has 2 N–H and O–H groups in total. The van der Waals surface area contributed by atoms with Crippen LogP contribution in [-0.2, 0) is 0 Å². The van der Waals surface area contributed by atoms with Crippen LogP contribution in [0.2, 0.25) is 0 Å². The van der Waals surface area contributed by atoms with Gasteiger partial charge in [-0.25, -0.2) is 0 Å². The monoisotopic (exact) mass is 169 g/mol. The minimum Gasteiger partial charge on any atom is -0.467 e. The van der Waals surface area contributed by atoms with Gasteiger partial charge < -0.3 is 14.8 Å². The van der Waals surface area contributed by atoms with E-state index < -0.39 is 6.10 Å². The van der Waals surface area contributed by atoms with Gasteiger partial charge in [0.05, 0.1) is 6.26 Å². The summed E-state index contributed by atoms with van der Waals surface area (Å²) in [6.07, 6.45) is 1.02. The van der Waals surface area contributed by atoms with Crippen LogP contribution in [0.5, 0.6) is 0 Å². The highest BCUT2D eigenvalue weighted by atomic mass is 16.4. The van der Waals surface area contributed by atoms with Gasteiger partial charge in [-0.05, 0) is 12.1 Å². The molecule has 68 valence electrons. The van der Waals surface area contributed by atoms with Crippen molar-refractivity contribution in [3.05, 3.63) is 24.2 Å². The summed E-state index contributed by atoms with van der Waals surface area (Å²) in [5, 5.41) is 12.6. The molecule has 1 heterocycles. The SMILES string of the molecule is CC(C)NCC(O)c1ccco1. The van der Waals surface area contributed by atoms with Gasteiger partial charge in [0.25, 0.3) is 0 Å². The van der Waals surface area contributed by atoms with Crippen LogP contribution in [0.3, 0.4) is 0 Å². The number of hydrogen-bond acceptors (Lipinski definition) is 3. The largest absolute Gasteiger partial charge is 0.467 e. The van der Waals surface area contributed by atoms with Crippen molar-refractivity contribution in [2.24, 2.45) is 0 Å². The zero-order valence-electron chi connectivity index (χ0n) is 7.45. The number of rotatable bonds is 4. The lowest BCUT2D eigenvalue weighted by Crippen LogP contribution is -2.27. The van der Waals surface area contributed by atoms with Crippen LogP contribution < -0.4 is 5.32 Å². The highest BCUT2D eigenvalue weighted by Crippen LogP contribution is 2.11. The third-order valence-electron chi connectivity index (χ3n) is 1.59. The molecular formula is C9H15NO2. The van der Waals surface area contributed by atoms with Crippen molar-refractivity contribution in [3.8, 4) is 0 Å². The van der Waals surface area contributed by atoms with Crippen molar-refractivity contribution in [1.29, 1.82) is 0 Å². The Morgan fingerprint density at radius 1 is 1.58 bits per heavy atom. The van der Waals surface area contributed by atoms with Crippen LogP contribution in [-0.4, -0.2) is 17.7 Å². The van der Waals surface area contributed by atoms with Crippen molar-refractivity contribution in [3.63, 3.8) is 0 Å². The molecule has 3 heteroatoms. The first-order valence-electron chi connectivity index (χ1n) is 4.15. The van der Waals surface area contributed by atoms with Crippen LogP contribution in [0, 0.1) is 0 Å². The molecule has 0 amide bonds. The lowest BCUT2D eigenvalue weighted by Gasteiger charge is -2.11. The summed E-state index contributed by atoms with van der Waals surface area (Å²) in [5.41, 5.74) is 0. The van der Waals surface area contributed by atoms with Crippen molar-refractivity contribution < 1.29 is 9.52 Å². The Morgan fingerprint density at radius 2 is 2.33 bits per heavy atom. The molecule has 0 aromatic carbocycles. The number of furan rings is 1. The molecular weight excluding hydrogens is 154 g/mol. The molecule has 0 saturated carbocycles. The molecule has 12 heavy (non-hydrogen) atoms. The Hall–Kier alpha value is -0.800. The Labute approximate surface area is 72.4 Å². The van der Waals surface area contributed by atoms with E-state index in [0.29, 0.717) is 18.3 Å². The molecule has 1 aromatic heterocycles. The van der Waals surface area contributed by atoms with Crippen LogP contribution in [0.15, 0.2) is 22.8 Å². The number of aliphatic hydroxyl groups excluding tert-OH is 1. The van der Waals surface area contributed by atoms with E-state index in [1.807, 2.05) is 13.8 Å². The molecule has 0 radical (unpaired) electrons. The van der Waals surface area contributed by atoms with Gasteiger partial charge in [-0.15, -0.1) is 0 Å². The van der Waals surface area contributed by atoms with Crippen molar-refractivity contribution in [2.75, 3.05) is 6.54 Å². The first-order chi connectivity index (χ1) is 5.70. The second kappa shape index (κ2) is 4.28. The van der Waals surface area contributed by atoms with E-state index in [0.717, 1.165) is 0 Å². The molecule has 1 unspecified atom stereocenters. The van der Waals surface area contributed by atoms with Crippen molar-refractivity contribution in [2.45, 2.75) is 26.0 Å². The topological polar surface area (TPSA) is 45.4 Å². The third-order valence-corrected chi connectivity index (χ3v) is 1.59. The van der Waals surface area contributed by atoms with E-state index >= 15 is 0 Å². The van der Waals surface area contributed by atoms with E-state index in [1.165, 1.54) is 0 Å². The first kappa shape index (κ1) is 9.29. The summed E-state index contributed by atoms with van der Waals surface area (Å²) >= 11 is 0. The molecule has 0 aliphatic heterocycles. The summed E-state index contributed by atoms with van der Waals surface area (Å²) in [6.45, 7) is 4.61. The molecule has 1 aromatic rings. The molecule has 0 aliphatic carbocycles. The number of nitrogens with one attached hydrogen (secondary N) is 1. The molecule has 0 fully saturated rings. The number of hydrogen-bond donors (Lipinski definition) is 2. The first-order valence-corrected chi connectivity index (χ1v) is 4.15. The van der Waals surface area contributed by atoms with E-state index in [-0.39, 0.29) is 0 Å². The molecule has 0 saturated heterocycles. The summed E-state index contributed by atoms with van der Waals surface area (Å²) in [7, 11) is 0. The molecule has 0 spiro atoms. The fourth-order valence-corrected chi connectivity index (χ4v) is 0.929. The van der Waals surface area contributed by atoms with Gasteiger partial charge in [-0.3, -0.25) is 0 Å². The lowest BCUT2D eigenvalue weighted by atomic mass is 10.2. The average molecular weight is 169 g/mol. The summed E-state index contributed by atoms with van der Waals surface area (Å²) in [5.74, 6) is 0.614. The van der Waals surface area contributed by atoms with Gasteiger partial charge in [0.15, 0.2) is 0 Å². The van der Waals surface area contributed by atoms with Crippen LogP contribution in [0.1, 0.15) is 25.7 Å². The summed E-state index contributed by atoms with van der Waals surface area (Å²) in [4.78, 5) is 0. The molecule has 1 atom stereocenters. The fourth-order valence-electron chi connectivity index (χ4n) is 0.929. The third kappa shape index (κ3) is 2.68. The van der Waals surface area contributed by atoms with E-state index in [1.54, 1.807) is 18.4 Å². The van der Waals surface area contributed by atoms with Gasteiger partial charge in [0.2, 0.25) is 0 Å². The standard InChI is InChI=1S/C9H15NO2/c1-7(2)10-6-8(11)9-4-3-5-12-9/h3-5,7-8,10-11H,6H2,1-2H3. The van der Waals surface area contributed by atoms with Crippen LogP contribution in [0.4, 0.5) is 0 Å². The van der Waals surface area contributed by atoms with Gasteiger partial charge in [-0.1, -0.05) is 13.8 Å². The Bertz CT molecular complexity index is 206. The zero-order valence-corrected chi connectivity index (χ0v) is 7.45. The smallest absolute Gasteiger partial charge is 0.133 e. The van der Waals surface area contributed by atoms with E-state index in [2.05, 4.69) is 5.32 Å². The molecule has 1 rings (SSSR count). The predicted molar refractivity (Wildman–Crippen MR) is 46.8 cm³/mol. The minimum absolute atomic E-state index is 0.384. The lowest BCUT2D eigenvalue weighted by molar-refractivity contribution is 0.145. The van der Waals surface area contributed by atoms with Crippen molar-refractivity contribution in [1.82, 2.24) is 5.32 Å². The maximum atomic E-state index is 9.50. The van der Waals surface area contributed by atoms with Crippen LogP contribution >= 0.6 is 0 Å². The van der Waals surface area contributed by atoms with Gasteiger partial charge in [0.1, 0.15) is 11.9 Å². The Morgan fingerprint density at radius 3 is 2.83 bits per heavy atom. The fraction of sp³-hybridized carbons (Fsp3) is 0.556. The number of aliphatic hydroxyl groups is 1. The van der Waals surface area contributed by atoms with Crippen molar-refractivity contribution >= 4 is 0 Å². The Balaban J connectivity index is 2.34. The van der Waals surface area contributed by atoms with E-state index in [9.17, 15) is 5.11 Å². The molecule has 3 nitrogen and oxygen atoms in total. The summed E-state index contributed by atoms with van der Waals surface area (Å²) in [6, 6.07) is 3.93. The predicted octanol–water partition coefficient (Wildman–Crippen LogP) is 1.31. The molecule has 0 aliphatic rings. The maximum Gasteiger partial charge on any atom is 0.133 e. The highest BCUT2D eigenvalue weighted by molar-refractivity contribution is 5.02. The van der Waals surface area contributed by atoms with E-state index in [4.69, 9.17) is 4.42 Å². The zero-order chi connectivity index (χ0) is 8.97. The second-order valence-corrected chi connectivity index (χ2v) is 3.09. The Kier molecular flexibility index (Phi) is 3.31. The van der Waals surface area contributed by atoms with Gasteiger partial charge >= 0.3 is 0 Å². The van der Waals surface area contributed by atoms with Gasteiger partial charge in [0, 0.05) is 12.6 Å². The summed E-state index contributed by atoms with van der Waals surface area (Å²) < 4.78 is 5.04. The molecule has 0 bridgehead atoms. The highest BCUT2D eigenvalue weighted by Gasteiger charge is 2.09. The average Bonchev–Trinajstić information content (AvgIpc) is 2.51. The quantitative estimate of drug-likeness (QED) is 0.714. The van der Waals surface area contributed by atoms with Crippen LogP contribution in [0.25, 0.3) is 0 Å². The van der Waals surface area contributed by atoms with Gasteiger partial charge in [-0.2, -0.15) is 0 Å².